The Hall–Kier alpha value is -0.160. The molecule has 70 valence electrons. The normalized spacial score (nSPS) is 9.27. The Morgan fingerprint density at radius 2 is 1.27 bits per heavy atom. The summed E-state index contributed by atoms with van der Waals surface area (Å²) in [5.74, 6) is 0. The summed E-state index contributed by atoms with van der Waals surface area (Å²) in [5.41, 5.74) is 0. The van der Waals surface area contributed by atoms with Crippen LogP contribution in [0.15, 0.2) is 0 Å². The van der Waals surface area contributed by atoms with E-state index in [1.54, 1.807) is 6.92 Å². The van der Waals surface area contributed by atoms with E-state index in [0.29, 0.717) is 6.42 Å². The third kappa shape index (κ3) is 25.8. The van der Waals surface area contributed by atoms with Gasteiger partial charge in [-0.3, -0.25) is 0 Å². The first-order valence-electron chi connectivity index (χ1n) is 3.76. The summed E-state index contributed by atoms with van der Waals surface area (Å²) < 4.78 is 0. The summed E-state index contributed by atoms with van der Waals surface area (Å²) in [5, 5.41) is 32.0. The van der Waals surface area contributed by atoms with Crippen LogP contribution in [0.3, 0.4) is 0 Å². The quantitative estimate of drug-likeness (QED) is 0.334. The van der Waals surface area contributed by atoms with Crippen LogP contribution in [-0.2, 0) is 0 Å². The first kappa shape index (κ1) is 13.4. The molecular weight excluding hydrogens is 148 g/mol. The molecule has 0 unspecified atom stereocenters. The molecule has 0 aromatic carbocycles. The molecule has 0 rings (SSSR count). The van der Waals surface area contributed by atoms with Gasteiger partial charge < -0.3 is 20.4 Å². The second-order valence-electron chi connectivity index (χ2n) is 2.04. The first-order valence-corrected chi connectivity index (χ1v) is 3.76. The molecule has 0 spiro atoms. The van der Waals surface area contributed by atoms with Gasteiger partial charge in [0.2, 0.25) is 0 Å². The van der Waals surface area contributed by atoms with Crippen LogP contribution in [0.2, 0.25) is 0 Å². The maximum absolute atomic E-state index is 8.09. The molecule has 0 fully saturated rings. The van der Waals surface area contributed by atoms with Gasteiger partial charge >= 0.3 is 0 Å². The molecule has 0 saturated heterocycles. The van der Waals surface area contributed by atoms with E-state index < -0.39 is 6.29 Å². The molecule has 0 aliphatic heterocycles. The molecule has 0 aromatic rings. The van der Waals surface area contributed by atoms with Crippen molar-refractivity contribution in [1.82, 2.24) is 0 Å². The number of unbranched alkanes of at least 4 members (excludes halogenated alkanes) is 1. The molecule has 4 nitrogen and oxygen atoms in total. The second-order valence-corrected chi connectivity index (χ2v) is 2.04. The molecule has 0 aromatic heterocycles. The van der Waals surface area contributed by atoms with Crippen LogP contribution in [0.4, 0.5) is 0 Å². The summed E-state index contributed by atoms with van der Waals surface area (Å²) in [7, 11) is 0. The van der Waals surface area contributed by atoms with Crippen LogP contribution in [-0.4, -0.2) is 39.9 Å². The third-order valence-corrected chi connectivity index (χ3v) is 0.931. The van der Waals surface area contributed by atoms with Crippen molar-refractivity contribution in [2.24, 2.45) is 0 Å². The van der Waals surface area contributed by atoms with Crippen molar-refractivity contribution in [3.05, 3.63) is 0 Å². The number of aliphatic hydroxyl groups excluding tert-OH is 3. The molecule has 11 heavy (non-hydrogen) atoms. The Labute approximate surface area is 67.1 Å². The fourth-order valence-corrected chi connectivity index (χ4v) is 0.224. The maximum atomic E-state index is 8.09. The zero-order valence-electron chi connectivity index (χ0n) is 6.90. The lowest BCUT2D eigenvalue weighted by molar-refractivity contribution is -0.0413. The second kappa shape index (κ2) is 12.5. The largest absolute Gasteiger partial charge is 0.396 e. The van der Waals surface area contributed by atoms with Crippen LogP contribution in [0.1, 0.15) is 26.2 Å². The average molecular weight is 166 g/mol. The van der Waals surface area contributed by atoms with E-state index in [1.165, 1.54) is 0 Å². The minimum Gasteiger partial charge on any atom is -0.396 e. The number of hydrogen-bond donors (Lipinski definition) is 4. The highest BCUT2D eigenvalue weighted by molar-refractivity contribution is 4.30. The van der Waals surface area contributed by atoms with Crippen molar-refractivity contribution in [3.8, 4) is 0 Å². The SMILES string of the molecule is CCC(O)O.OCCCCO. The van der Waals surface area contributed by atoms with Gasteiger partial charge in [0.25, 0.3) is 0 Å². The van der Waals surface area contributed by atoms with Crippen LogP contribution in [0, 0.1) is 0 Å². The molecule has 0 aliphatic rings. The molecule has 0 saturated carbocycles. The highest BCUT2D eigenvalue weighted by Gasteiger charge is 1.83. The van der Waals surface area contributed by atoms with Crippen molar-refractivity contribution in [1.29, 1.82) is 0 Å². The van der Waals surface area contributed by atoms with Crippen molar-refractivity contribution in [2.75, 3.05) is 13.2 Å². The van der Waals surface area contributed by atoms with E-state index in [-0.39, 0.29) is 13.2 Å². The van der Waals surface area contributed by atoms with E-state index >= 15 is 0 Å². The lowest BCUT2D eigenvalue weighted by Crippen LogP contribution is -1.99. The Balaban J connectivity index is 0. The van der Waals surface area contributed by atoms with E-state index in [1.807, 2.05) is 0 Å². The highest BCUT2D eigenvalue weighted by atomic mass is 16.5. The van der Waals surface area contributed by atoms with Gasteiger partial charge in [-0.15, -0.1) is 0 Å². The average Bonchev–Trinajstić information content (AvgIpc) is 2.02. The van der Waals surface area contributed by atoms with Gasteiger partial charge in [-0.2, -0.15) is 0 Å². The molecule has 0 atom stereocenters. The van der Waals surface area contributed by atoms with Gasteiger partial charge in [-0.1, -0.05) is 6.92 Å². The van der Waals surface area contributed by atoms with E-state index in [2.05, 4.69) is 0 Å². The summed E-state index contributed by atoms with van der Waals surface area (Å²) in [6.07, 6.45) is 0.738. The van der Waals surface area contributed by atoms with Gasteiger partial charge in [0, 0.05) is 13.2 Å². The van der Waals surface area contributed by atoms with Gasteiger partial charge in [-0.05, 0) is 19.3 Å². The molecule has 0 bridgehead atoms. The predicted molar refractivity (Wildman–Crippen MR) is 41.9 cm³/mol. The minimum atomic E-state index is -1.12. The minimum absolute atomic E-state index is 0.195. The molecule has 4 heteroatoms. The summed E-state index contributed by atoms with van der Waals surface area (Å²) in [6.45, 7) is 2.09. The van der Waals surface area contributed by atoms with Crippen LogP contribution >= 0.6 is 0 Å². The monoisotopic (exact) mass is 166 g/mol. The number of hydrogen-bond acceptors (Lipinski definition) is 4. The van der Waals surface area contributed by atoms with Gasteiger partial charge in [0.15, 0.2) is 6.29 Å². The topological polar surface area (TPSA) is 80.9 Å². The number of rotatable bonds is 4. The molecule has 0 amide bonds. The predicted octanol–water partition coefficient (Wildman–Crippen LogP) is -0.542. The van der Waals surface area contributed by atoms with Gasteiger partial charge in [0.1, 0.15) is 0 Å². The lowest BCUT2D eigenvalue weighted by Gasteiger charge is -1.90. The summed E-state index contributed by atoms with van der Waals surface area (Å²) in [6, 6.07) is 0. The van der Waals surface area contributed by atoms with E-state index in [4.69, 9.17) is 20.4 Å². The van der Waals surface area contributed by atoms with Crippen molar-refractivity contribution >= 4 is 0 Å². The fraction of sp³-hybridized carbons (Fsp3) is 1.00. The van der Waals surface area contributed by atoms with Crippen LogP contribution < -0.4 is 0 Å². The molecule has 0 aliphatic carbocycles. The van der Waals surface area contributed by atoms with E-state index in [9.17, 15) is 0 Å². The fourth-order valence-electron chi connectivity index (χ4n) is 0.224. The van der Waals surface area contributed by atoms with Crippen LogP contribution in [0.5, 0.6) is 0 Å². The molecule has 4 N–H and O–H groups in total. The highest BCUT2D eigenvalue weighted by Crippen LogP contribution is 1.80. The standard InChI is InChI=1S/C4H10O2.C3H8O2/c5-3-1-2-4-6;1-2-3(4)5/h5-6H,1-4H2;3-5H,2H2,1H3. The smallest absolute Gasteiger partial charge is 0.151 e. The van der Waals surface area contributed by atoms with Crippen molar-refractivity contribution in [2.45, 2.75) is 32.5 Å². The summed E-state index contributed by atoms with van der Waals surface area (Å²) >= 11 is 0. The Kier molecular flexibility index (Phi) is 15.3. The molecular formula is C7H18O4. The molecule has 0 heterocycles. The zero-order chi connectivity index (χ0) is 9.11. The van der Waals surface area contributed by atoms with Gasteiger partial charge in [0.05, 0.1) is 0 Å². The Bertz CT molecular complexity index is 52.4. The summed E-state index contributed by atoms with van der Waals surface area (Å²) in [4.78, 5) is 0. The van der Waals surface area contributed by atoms with Gasteiger partial charge in [-0.25, -0.2) is 0 Å². The first-order chi connectivity index (χ1) is 5.18. The lowest BCUT2D eigenvalue weighted by atomic mass is 10.3. The van der Waals surface area contributed by atoms with Crippen molar-refractivity contribution < 1.29 is 20.4 Å². The zero-order valence-corrected chi connectivity index (χ0v) is 6.90. The third-order valence-electron chi connectivity index (χ3n) is 0.931. The number of aliphatic hydroxyl groups is 4. The maximum Gasteiger partial charge on any atom is 0.151 e. The van der Waals surface area contributed by atoms with Crippen molar-refractivity contribution in [3.63, 3.8) is 0 Å². The Morgan fingerprint density at radius 3 is 1.36 bits per heavy atom. The van der Waals surface area contributed by atoms with Crippen LogP contribution in [0.25, 0.3) is 0 Å². The molecule has 0 radical (unpaired) electrons. The Morgan fingerprint density at radius 1 is 1.00 bits per heavy atom. The van der Waals surface area contributed by atoms with E-state index in [0.717, 1.165) is 12.8 Å².